The van der Waals surface area contributed by atoms with Crippen molar-refractivity contribution in [3.8, 4) is 17.1 Å². The van der Waals surface area contributed by atoms with Crippen LogP contribution in [-0.4, -0.2) is 43.9 Å². The average Bonchev–Trinajstić information content (AvgIpc) is 3.19. The number of fused-ring (bicyclic) bond motifs is 1. The summed E-state index contributed by atoms with van der Waals surface area (Å²) in [6.07, 6.45) is -2.66. The predicted molar refractivity (Wildman–Crippen MR) is 95.9 cm³/mol. The highest BCUT2D eigenvalue weighted by molar-refractivity contribution is 5.94. The fourth-order valence-electron chi connectivity index (χ4n) is 3.35. The van der Waals surface area contributed by atoms with Gasteiger partial charge in [0, 0.05) is 23.9 Å². The Hall–Kier alpha value is -3.43. The highest BCUT2D eigenvalue weighted by Crippen LogP contribution is 2.28. The van der Waals surface area contributed by atoms with Crippen molar-refractivity contribution in [2.24, 2.45) is 0 Å². The highest BCUT2D eigenvalue weighted by atomic mass is 19.4. The van der Waals surface area contributed by atoms with Gasteiger partial charge in [-0.15, -0.1) is 13.2 Å². The van der Waals surface area contributed by atoms with Crippen molar-refractivity contribution < 1.29 is 22.7 Å². The number of nitrogens with zero attached hydrogens (tertiary/aromatic N) is 4. The SMILES string of the molecule is Cc1nc2c(c(-c3ccn[nH]3)n1)CCN(C(=O)c1cccc(OC(F)(F)F)c1)C2. The smallest absolute Gasteiger partial charge is 0.406 e. The third-order valence-corrected chi connectivity index (χ3v) is 4.53. The van der Waals surface area contributed by atoms with Gasteiger partial charge in [-0.1, -0.05) is 6.07 Å². The molecular formula is C19H16F3N5O2. The summed E-state index contributed by atoms with van der Waals surface area (Å²) in [7, 11) is 0. The maximum atomic E-state index is 12.9. The third kappa shape index (κ3) is 4.05. The van der Waals surface area contributed by atoms with Crippen molar-refractivity contribution in [3.63, 3.8) is 0 Å². The monoisotopic (exact) mass is 403 g/mol. The number of alkyl halides is 3. The van der Waals surface area contributed by atoms with E-state index in [1.165, 1.54) is 12.1 Å². The van der Waals surface area contributed by atoms with Crippen LogP contribution in [0.15, 0.2) is 36.5 Å². The van der Waals surface area contributed by atoms with E-state index < -0.39 is 12.1 Å². The fraction of sp³-hybridized carbons (Fsp3) is 0.263. The van der Waals surface area contributed by atoms with Crippen molar-refractivity contribution in [2.45, 2.75) is 26.3 Å². The number of carbonyl (C=O) groups is 1. The molecule has 0 saturated carbocycles. The van der Waals surface area contributed by atoms with Gasteiger partial charge in [0.2, 0.25) is 0 Å². The summed E-state index contributed by atoms with van der Waals surface area (Å²) >= 11 is 0. The van der Waals surface area contributed by atoms with Crippen molar-refractivity contribution in [2.75, 3.05) is 6.54 Å². The second-order valence-electron chi connectivity index (χ2n) is 6.57. The van der Waals surface area contributed by atoms with Gasteiger partial charge in [0.25, 0.3) is 5.91 Å². The summed E-state index contributed by atoms with van der Waals surface area (Å²) in [6, 6.07) is 6.87. The largest absolute Gasteiger partial charge is 0.573 e. The molecule has 0 atom stereocenters. The highest BCUT2D eigenvalue weighted by Gasteiger charge is 2.32. The van der Waals surface area contributed by atoms with E-state index in [-0.39, 0.29) is 18.0 Å². The Morgan fingerprint density at radius 1 is 1.24 bits per heavy atom. The van der Waals surface area contributed by atoms with Gasteiger partial charge in [-0.2, -0.15) is 5.10 Å². The molecule has 0 fully saturated rings. The van der Waals surface area contributed by atoms with E-state index >= 15 is 0 Å². The summed E-state index contributed by atoms with van der Waals surface area (Å²) in [4.78, 5) is 23.4. The third-order valence-electron chi connectivity index (χ3n) is 4.53. The molecule has 3 aromatic rings. The van der Waals surface area contributed by atoms with Crippen LogP contribution in [0.2, 0.25) is 0 Å². The van der Waals surface area contributed by atoms with Gasteiger partial charge in [0.1, 0.15) is 11.6 Å². The number of aryl methyl sites for hydroxylation is 1. The number of halogens is 3. The molecule has 0 spiro atoms. The molecule has 0 radical (unpaired) electrons. The van der Waals surface area contributed by atoms with E-state index in [1.54, 1.807) is 18.0 Å². The first-order chi connectivity index (χ1) is 13.8. The normalized spacial score (nSPS) is 13.9. The van der Waals surface area contributed by atoms with Gasteiger partial charge in [-0.05, 0) is 37.6 Å². The number of hydrogen-bond acceptors (Lipinski definition) is 5. The van der Waals surface area contributed by atoms with E-state index in [2.05, 4.69) is 24.9 Å². The molecule has 1 aliphatic rings. The van der Waals surface area contributed by atoms with E-state index in [1.807, 2.05) is 6.07 Å². The lowest BCUT2D eigenvalue weighted by Crippen LogP contribution is -2.37. The molecule has 150 valence electrons. The lowest BCUT2D eigenvalue weighted by Gasteiger charge is -2.29. The van der Waals surface area contributed by atoms with Crippen LogP contribution in [0.1, 0.15) is 27.4 Å². The molecule has 10 heteroatoms. The van der Waals surface area contributed by atoms with Crippen LogP contribution in [0.5, 0.6) is 5.75 Å². The number of nitrogens with one attached hydrogen (secondary N) is 1. The van der Waals surface area contributed by atoms with Crippen LogP contribution in [0.4, 0.5) is 13.2 Å². The first-order valence-corrected chi connectivity index (χ1v) is 8.81. The molecule has 2 aromatic heterocycles. The molecule has 0 aliphatic carbocycles. The Labute approximate surface area is 163 Å². The molecule has 1 N–H and O–H groups in total. The van der Waals surface area contributed by atoms with Crippen LogP contribution >= 0.6 is 0 Å². The topological polar surface area (TPSA) is 84.0 Å². The predicted octanol–water partition coefficient (Wildman–Crippen LogP) is 3.27. The van der Waals surface area contributed by atoms with E-state index in [9.17, 15) is 18.0 Å². The fourth-order valence-corrected chi connectivity index (χ4v) is 3.35. The number of rotatable bonds is 3. The standard InChI is InChI=1S/C19H16F3N5O2/c1-11-24-16-10-27(8-6-14(16)17(25-11)15-5-7-23-26-15)18(28)12-3-2-4-13(9-12)29-19(20,21)22/h2-5,7,9H,6,8,10H2,1H3,(H,23,26). The van der Waals surface area contributed by atoms with Crippen LogP contribution in [0.25, 0.3) is 11.4 Å². The quantitative estimate of drug-likeness (QED) is 0.726. The maximum absolute atomic E-state index is 12.9. The van der Waals surface area contributed by atoms with E-state index in [0.717, 1.165) is 29.1 Å². The van der Waals surface area contributed by atoms with Gasteiger partial charge in [0.05, 0.1) is 23.6 Å². The second-order valence-corrected chi connectivity index (χ2v) is 6.57. The Morgan fingerprint density at radius 2 is 2.07 bits per heavy atom. The number of amides is 1. The zero-order chi connectivity index (χ0) is 20.6. The summed E-state index contributed by atoms with van der Waals surface area (Å²) < 4.78 is 41.3. The summed E-state index contributed by atoms with van der Waals surface area (Å²) in [5.41, 5.74) is 3.28. The number of ether oxygens (including phenoxy) is 1. The Balaban J connectivity index is 1.59. The zero-order valence-electron chi connectivity index (χ0n) is 15.3. The molecule has 1 aliphatic heterocycles. The molecule has 3 heterocycles. The van der Waals surface area contributed by atoms with Gasteiger partial charge in [0.15, 0.2) is 0 Å². The molecule has 7 nitrogen and oxygen atoms in total. The lowest BCUT2D eigenvalue weighted by molar-refractivity contribution is -0.274. The molecule has 4 rings (SSSR count). The number of H-pyrrole nitrogens is 1. The molecule has 29 heavy (non-hydrogen) atoms. The molecule has 0 unspecified atom stereocenters. The molecule has 0 saturated heterocycles. The summed E-state index contributed by atoms with van der Waals surface area (Å²) in [5, 5.41) is 6.84. The van der Waals surface area contributed by atoms with Crippen LogP contribution in [0, 0.1) is 6.92 Å². The molecule has 0 bridgehead atoms. The number of hydrogen-bond donors (Lipinski definition) is 1. The van der Waals surface area contributed by atoms with Crippen molar-refractivity contribution in [1.29, 1.82) is 0 Å². The van der Waals surface area contributed by atoms with Gasteiger partial charge < -0.3 is 9.64 Å². The van der Waals surface area contributed by atoms with Crippen molar-refractivity contribution in [1.82, 2.24) is 25.1 Å². The number of benzene rings is 1. The maximum Gasteiger partial charge on any atom is 0.573 e. The van der Waals surface area contributed by atoms with Crippen LogP contribution < -0.4 is 4.74 Å². The van der Waals surface area contributed by atoms with Crippen molar-refractivity contribution >= 4 is 5.91 Å². The average molecular weight is 403 g/mol. The molecule has 1 amide bonds. The zero-order valence-corrected chi connectivity index (χ0v) is 15.3. The van der Waals surface area contributed by atoms with Gasteiger partial charge >= 0.3 is 6.36 Å². The van der Waals surface area contributed by atoms with Gasteiger partial charge in [-0.3, -0.25) is 9.89 Å². The second kappa shape index (κ2) is 7.19. The Morgan fingerprint density at radius 3 is 2.79 bits per heavy atom. The first kappa shape index (κ1) is 18.9. The molecular weight excluding hydrogens is 387 g/mol. The molecule has 1 aromatic carbocycles. The van der Waals surface area contributed by atoms with E-state index in [0.29, 0.717) is 24.5 Å². The minimum atomic E-state index is -4.82. The minimum Gasteiger partial charge on any atom is -0.406 e. The lowest BCUT2D eigenvalue weighted by atomic mass is 10.00. The minimum absolute atomic E-state index is 0.120. The summed E-state index contributed by atoms with van der Waals surface area (Å²) in [6.45, 7) is 2.39. The Bertz CT molecular complexity index is 1050. The van der Waals surface area contributed by atoms with Gasteiger partial charge in [-0.25, -0.2) is 9.97 Å². The van der Waals surface area contributed by atoms with Crippen LogP contribution in [-0.2, 0) is 13.0 Å². The first-order valence-electron chi connectivity index (χ1n) is 8.81. The number of aromatic nitrogens is 4. The number of carbonyl (C=O) groups excluding carboxylic acids is 1. The number of aromatic amines is 1. The van der Waals surface area contributed by atoms with E-state index in [4.69, 9.17) is 0 Å². The summed E-state index contributed by atoms with van der Waals surface area (Å²) in [5.74, 6) is -0.258. The Kier molecular flexibility index (Phi) is 4.69. The van der Waals surface area contributed by atoms with Crippen molar-refractivity contribution in [3.05, 3.63) is 59.2 Å². The van der Waals surface area contributed by atoms with Crippen LogP contribution in [0.3, 0.4) is 0 Å².